The van der Waals surface area contributed by atoms with Gasteiger partial charge in [-0.05, 0) is 48.9 Å². The maximum Gasteiger partial charge on any atom is 0.241 e. The first kappa shape index (κ1) is 21.2. The van der Waals surface area contributed by atoms with E-state index in [1.165, 1.54) is 0 Å². The van der Waals surface area contributed by atoms with Gasteiger partial charge < -0.3 is 5.32 Å². The molecule has 7 heteroatoms. The largest absolute Gasteiger partial charge is 0.326 e. The zero-order valence-corrected chi connectivity index (χ0v) is 18.2. The first-order valence-electron chi connectivity index (χ1n) is 9.03. The van der Waals surface area contributed by atoms with E-state index in [2.05, 4.69) is 26.0 Å². The Balaban J connectivity index is 1.80. The number of rotatable bonds is 7. The fraction of sp³-hybridized carbons (Fsp3) is 0.136. The van der Waals surface area contributed by atoms with Crippen molar-refractivity contribution in [1.82, 2.24) is 4.72 Å². The molecule has 29 heavy (non-hydrogen) atoms. The second-order valence-corrected chi connectivity index (χ2v) is 9.29. The van der Waals surface area contributed by atoms with Gasteiger partial charge >= 0.3 is 0 Å². The number of benzene rings is 3. The topological polar surface area (TPSA) is 75.3 Å². The highest BCUT2D eigenvalue weighted by Crippen LogP contribution is 2.22. The summed E-state index contributed by atoms with van der Waals surface area (Å²) in [5.74, 6) is -0.284. The summed E-state index contributed by atoms with van der Waals surface area (Å²) in [6, 6.07) is 22.2. The molecule has 5 nitrogen and oxygen atoms in total. The van der Waals surface area contributed by atoms with E-state index >= 15 is 0 Å². The number of carbonyl (C=O) groups excluding carboxylic acids is 1. The van der Waals surface area contributed by atoms with Gasteiger partial charge in [0, 0.05) is 16.6 Å². The van der Waals surface area contributed by atoms with Gasteiger partial charge in [0.25, 0.3) is 0 Å². The molecule has 1 atom stereocenters. The van der Waals surface area contributed by atoms with Gasteiger partial charge in [0.05, 0.1) is 10.9 Å². The van der Waals surface area contributed by atoms with Crippen molar-refractivity contribution >= 4 is 37.5 Å². The van der Waals surface area contributed by atoms with Crippen LogP contribution in [0.1, 0.15) is 23.6 Å². The molecule has 0 heterocycles. The van der Waals surface area contributed by atoms with Gasteiger partial charge in [0.15, 0.2) is 0 Å². The molecule has 0 saturated heterocycles. The Hall–Kier alpha value is -2.48. The molecule has 2 N–H and O–H groups in total. The molecule has 0 aliphatic carbocycles. The number of nitrogens with one attached hydrogen (secondary N) is 2. The molecular formula is C22H21BrN2O3S. The second kappa shape index (κ2) is 9.35. The SMILES string of the molecule is Cc1ccc(S(=O)(=O)N[C@H](CC(=O)Nc2ccc(Br)cc2)c2ccccc2)cc1. The van der Waals surface area contributed by atoms with Gasteiger partial charge in [-0.2, -0.15) is 0 Å². The molecule has 0 spiro atoms. The third-order valence-electron chi connectivity index (χ3n) is 4.35. The maximum absolute atomic E-state index is 12.9. The third kappa shape index (κ3) is 6.00. The van der Waals surface area contributed by atoms with Gasteiger partial charge in [-0.1, -0.05) is 64.0 Å². The average Bonchev–Trinajstić information content (AvgIpc) is 2.70. The highest BCUT2D eigenvalue weighted by molar-refractivity contribution is 9.10. The summed E-state index contributed by atoms with van der Waals surface area (Å²) in [4.78, 5) is 12.8. The minimum absolute atomic E-state index is 0.0365. The lowest BCUT2D eigenvalue weighted by molar-refractivity contribution is -0.116. The maximum atomic E-state index is 12.9. The highest BCUT2D eigenvalue weighted by Gasteiger charge is 2.23. The predicted octanol–water partition coefficient (Wildman–Crippen LogP) is 4.81. The predicted molar refractivity (Wildman–Crippen MR) is 118 cm³/mol. The monoisotopic (exact) mass is 472 g/mol. The molecular weight excluding hydrogens is 452 g/mol. The summed E-state index contributed by atoms with van der Waals surface area (Å²) in [6.07, 6.45) is -0.0365. The second-order valence-electron chi connectivity index (χ2n) is 6.66. The van der Waals surface area contributed by atoms with Crippen LogP contribution in [0.4, 0.5) is 5.69 Å². The van der Waals surface area contributed by atoms with E-state index in [-0.39, 0.29) is 17.2 Å². The molecule has 3 aromatic carbocycles. The molecule has 0 fully saturated rings. The zero-order chi connectivity index (χ0) is 20.9. The van der Waals surface area contributed by atoms with E-state index in [0.29, 0.717) is 11.3 Å². The van der Waals surface area contributed by atoms with Crippen LogP contribution in [0, 0.1) is 6.92 Å². The normalized spacial score (nSPS) is 12.3. The lowest BCUT2D eigenvalue weighted by Gasteiger charge is -2.19. The molecule has 0 saturated carbocycles. The Labute approximate surface area is 179 Å². The van der Waals surface area contributed by atoms with E-state index in [1.807, 2.05) is 37.3 Å². The van der Waals surface area contributed by atoms with E-state index < -0.39 is 16.1 Å². The summed E-state index contributed by atoms with van der Waals surface area (Å²) in [7, 11) is -3.78. The molecule has 3 aromatic rings. The number of aryl methyl sites for hydroxylation is 1. The molecule has 0 radical (unpaired) electrons. The van der Waals surface area contributed by atoms with Crippen molar-refractivity contribution in [3.63, 3.8) is 0 Å². The number of halogens is 1. The van der Waals surface area contributed by atoms with Crippen LogP contribution in [-0.4, -0.2) is 14.3 Å². The Morgan fingerprint density at radius 3 is 2.17 bits per heavy atom. The van der Waals surface area contributed by atoms with Crippen LogP contribution in [0.15, 0.2) is 88.2 Å². The highest BCUT2D eigenvalue weighted by atomic mass is 79.9. The van der Waals surface area contributed by atoms with Crippen LogP contribution < -0.4 is 10.0 Å². The smallest absolute Gasteiger partial charge is 0.241 e. The zero-order valence-electron chi connectivity index (χ0n) is 15.8. The minimum atomic E-state index is -3.78. The van der Waals surface area contributed by atoms with Crippen molar-refractivity contribution in [2.75, 3.05) is 5.32 Å². The van der Waals surface area contributed by atoms with E-state index in [1.54, 1.807) is 48.5 Å². The Morgan fingerprint density at radius 2 is 1.55 bits per heavy atom. The van der Waals surface area contributed by atoms with Crippen molar-refractivity contribution < 1.29 is 13.2 Å². The fourth-order valence-electron chi connectivity index (χ4n) is 2.82. The van der Waals surface area contributed by atoms with Crippen LogP contribution in [0.25, 0.3) is 0 Å². The first-order valence-corrected chi connectivity index (χ1v) is 11.3. The lowest BCUT2D eigenvalue weighted by Crippen LogP contribution is -2.31. The Kier molecular flexibility index (Phi) is 6.84. The van der Waals surface area contributed by atoms with Crippen molar-refractivity contribution in [3.8, 4) is 0 Å². The van der Waals surface area contributed by atoms with E-state index in [4.69, 9.17) is 0 Å². The molecule has 0 unspecified atom stereocenters. The van der Waals surface area contributed by atoms with Crippen molar-refractivity contribution in [1.29, 1.82) is 0 Å². The summed E-state index contributed by atoms with van der Waals surface area (Å²) < 4.78 is 29.3. The molecule has 3 rings (SSSR count). The third-order valence-corrected chi connectivity index (χ3v) is 6.36. The summed E-state index contributed by atoms with van der Waals surface area (Å²) in [6.45, 7) is 1.89. The standard InChI is InChI=1S/C22H21BrN2O3S/c1-16-7-13-20(14-8-16)29(27,28)25-21(17-5-3-2-4-6-17)15-22(26)24-19-11-9-18(23)10-12-19/h2-14,21,25H,15H2,1H3,(H,24,26)/t21-/m1/s1. The first-order chi connectivity index (χ1) is 13.8. The van der Waals surface area contributed by atoms with Gasteiger partial charge in [0.2, 0.25) is 15.9 Å². The lowest BCUT2D eigenvalue weighted by atomic mass is 10.0. The van der Waals surface area contributed by atoms with Crippen molar-refractivity contribution in [2.45, 2.75) is 24.3 Å². The molecule has 0 aliphatic rings. The fourth-order valence-corrected chi connectivity index (χ4v) is 4.31. The molecule has 0 bridgehead atoms. The number of anilines is 1. The van der Waals surface area contributed by atoms with Gasteiger partial charge in [-0.3, -0.25) is 4.79 Å². The van der Waals surface area contributed by atoms with Crippen LogP contribution in [0.2, 0.25) is 0 Å². The number of amides is 1. The van der Waals surface area contributed by atoms with Gasteiger partial charge in [0.1, 0.15) is 0 Å². The van der Waals surface area contributed by atoms with Crippen LogP contribution in [0.5, 0.6) is 0 Å². The van der Waals surface area contributed by atoms with Crippen LogP contribution >= 0.6 is 15.9 Å². The van der Waals surface area contributed by atoms with E-state index in [0.717, 1.165) is 10.0 Å². The van der Waals surface area contributed by atoms with Crippen LogP contribution in [0.3, 0.4) is 0 Å². The molecule has 1 amide bonds. The molecule has 0 aliphatic heterocycles. The van der Waals surface area contributed by atoms with E-state index in [9.17, 15) is 13.2 Å². The Bertz CT molecular complexity index is 1070. The molecule has 0 aromatic heterocycles. The summed E-state index contributed by atoms with van der Waals surface area (Å²) in [5, 5.41) is 2.81. The number of sulfonamides is 1. The van der Waals surface area contributed by atoms with Gasteiger partial charge in [-0.25, -0.2) is 13.1 Å². The molecule has 150 valence electrons. The summed E-state index contributed by atoms with van der Waals surface area (Å²) >= 11 is 3.35. The Morgan fingerprint density at radius 1 is 0.931 bits per heavy atom. The van der Waals surface area contributed by atoms with Crippen molar-refractivity contribution in [2.24, 2.45) is 0 Å². The quantitative estimate of drug-likeness (QED) is 0.518. The average molecular weight is 473 g/mol. The summed E-state index contributed by atoms with van der Waals surface area (Å²) in [5.41, 5.74) is 2.33. The number of hydrogen-bond donors (Lipinski definition) is 2. The van der Waals surface area contributed by atoms with Gasteiger partial charge in [-0.15, -0.1) is 0 Å². The van der Waals surface area contributed by atoms with Crippen molar-refractivity contribution in [3.05, 3.63) is 94.5 Å². The van der Waals surface area contributed by atoms with Crippen LogP contribution in [-0.2, 0) is 14.8 Å². The minimum Gasteiger partial charge on any atom is -0.326 e. The number of carbonyl (C=O) groups is 1. The number of hydrogen-bond acceptors (Lipinski definition) is 3.